The second-order valence-corrected chi connectivity index (χ2v) is 5.06. The highest BCUT2D eigenvalue weighted by atomic mass is 19.1. The molecule has 1 heterocycles. The van der Waals surface area contributed by atoms with E-state index in [1.165, 1.54) is 19.2 Å². The molecular weight excluding hydrogens is 263 g/mol. The summed E-state index contributed by atoms with van der Waals surface area (Å²) in [5, 5.41) is 3.58. The predicted molar refractivity (Wildman–Crippen MR) is 72.0 cm³/mol. The summed E-state index contributed by atoms with van der Waals surface area (Å²) in [4.78, 5) is 2.76. The predicted octanol–water partition coefficient (Wildman–Crippen LogP) is 2.48. The van der Waals surface area contributed by atoms with Crippen molar-refractivity contribution in [3.63, 3.8) is 0 Å². The molecule has 108 valence electrons. The lowest BCUT2D eigenvalue weighted by atomic mass is 9.96. The molecular formula is C13H17FN4O2. The zero-order valence-corrected chi connectivity index (χ0v) is 11.5. The summed E-state index contributed by atoms with van der Waals surface area (Å²) in [6, 6.07) is 2.45. The quantitative estimate of drug-likeness (QED) is 0.510. The van der Waals surface area contributed by atoms with Crippen molar-refractivity contribution in [2.45, 2.75) is 25.0 Å². The van der Waals surface area contributed by atoms with Gasteiger partial charge in [-0.3, -0.25) is 0 Å². The Kier molecular flexibility index (Phi) is 4.13. The zero-order valence-electron chi connectivity index (χ0n) is 11.5. The largest absolute Gasteiger partial charge is 0.484 e. The number of halogens is 1. The second-order valence-electron chi connectivity index (χ2n) is 5.06. The molecule has 0 saturated heterocycles. The third-order valence-electron chi connectivity index (χ3n) is 3.31. The third-order valence-corrected chi connectivity index (χ3v) is 3.31. The van der Waals surface area contributed by atoms with Gasteiger partial charge in [-0.1, -0.05) is 5.11 Å². The number of ether oxygens (including phenoxy) is 2. The number of hydrogen-bond donors (Lipinski definition) is 1. The Bertz CT molecular complexity index is 558. The summed E-state index contributed by atoms with van der Waals surface area (Å²) in [5.74, 6) is 0.225. The summed E-state index contributed by atoms with van der Waals surface area (Å²) in [5.41, 5.74) is 14.9. The van der Waals surface area contributed by atoms with Crippen molar-refractivity contribution >= 4 is 0 Å². The van der Waals surface area contributed by atoms with Gasteiger partial charge in [0.2, 0.25) is 0 Å². The molecule has 2 unspecified atom stereocenters. The first kappa shape index (κ1) is 14.6. The molecule has 0 saturated carbocycles. The zero-order chi connectivity index (χ0) is 14.8. The number of benzene rings is 1. The van der Waals surface area contributed by atoms with Crippen LogP contribution in [0.1, 0.15) is 24.1 Å². The Morgan fingerprint density at radius 1 is 1.65 bits per heavy atom. The third kappa shape index (κ3) is 2.70. The summed E-state index contributed by atoms with van der Waals surface area (Å²) in [6.45, 7) is 2.13. The molecule has 7 heteroatoms. The van der Waals surface area contributed by atoms with Crippen LogP contribution < -0.4 is 10.5 Å². The Balaban J connectivity index is 2.41. The minimum absolute atomic E-state index is 0.117. The molecule has 2 atom stereocenters. The molecule has 2 rings (SSSR count). The van der Waals surface area contributed by atoms with Crippen LogP contribution in [-0.2, 0) is 11.2 Å². The van der Waals surface area contributed by atoms with E-state index in [0.717, 1.165) is 5.56 Å². The van der Waals surface area contributed by atoms with Crippen molar-refractivity contribution < 1.29 is 13.9 Å². The van der Waals surface area contributed by atoms with E-state index in [-0.39, 0.29) is 25.0 Å². The van der Waals surface area contributed by atoms with Gasteiger partial charge in [0.1, 0.15) is 17.2 Å². The second kappa shape index (κ2) is 5.66. The molecule has 0 spiro atoms. The number of fused-ring (bicyclic) bond motifs is 1. The SMILES string of the molecule is COCC1(CN=[N+]=[N-])Cc2cc(F)cc(C(C)N)c2O1. The van der Waals surface area contributed by atoms with Crippen LogP contribution in [0.2, 0.25) is 0 Å². The Morgan fingerprint density at radius 3 is 3.00 bits per heavy atom. The van der Waals surface area contributed by atoms with Crippen LogP contribution in [0.25, 0.3) is 10.4 Å². The van der Waals surface area contributed by atoms with Gasteiger partial charge in [-0.25, -0.2) is 4.39 Å². The summed E-state index contributed by atoms with van der Waals surface area (Å²) < 4.78 is 24.8. The fourth-order valence-corrected chi connectivity index (χ4v) is 2.50. The van der Waals surface area contributed by atoms with Gasteiger partial charge >= 0.3 is 0 Å². The van der Waals surface area contributed by atoms with Crippen molar-refractivity contribution in [1.29, 1.82) is 0 Å². The Labute approximate surface area is 116 Å². The monoisotopic (exact) mass is 280 g/mol. The lowest BCUT2D eigenvalue weighted by Gasteiger charge is -2.26. The number of nitrogens with two attached hydrogens (primary N) is 1. The van der Waals surface area contributed by atoms with Crippen molar-refractivity contribution in [3.05, 3.63) is 39.5 Å². The molecule has 6 nitrogen and oxygen atoms in total. The number of rotatable bonds is 5. The Morgan fingerprint density at radius 2 is 2.40 bits per heavy atom. The lowest BCUT2D eigenvalue weighted by Crippen LogP contribution is -2.42. The lowest BCUT2D eigenvalue weighted by molar-refractivity contribution is 0.0125. The average molecular weight is 280 g/mol. The summed E-state index contributed by atoms with van der Waals surface area (Å²) in [6.07, 6.45) is 0.423. The molecule has 1 aliphatic rings. The van der Waals surface area contributed by atoms with Gasteiger partial charge in [0, 0.05) is 35.6 Å². The maximum atomic E-state index is 13.6. The van der Waals surface area contributed by atoms with Crippen molar-refractivity contribution in [2.75, 3.05) is 20.3 Å². The van der Waals surface area contributed by atoms with Crippen LogP contribution in [0.4, 0.5) is 4.39 Å². The number of azide groups is 1. The molecule has 1 aliphatic heterocycles. The Hall–Kier alpha value is -1.82. The van der Waals surface area contributed by atoms with Crippen LogP contribution in [-0.4, -0.2) is 25.9 Å². The average Bonchev–Trinajstić information content (AvgIpc) is 2.74. The maximum absolute atomic E-state index is 13.6. The van der Waals surface area contributed by atoms with E-state index in [1.807, 2.05) is 0 Å². The highest BCUT2D eigenvalue weighted by molar-refractivity contribution is 5.48. The normalized spacial score (nSPS) is 21.8. The van der Waals surface area contributed by atoms with Crippen LogP contribution in [0.5, 0.6) is 5.75 Å². The standard InChI is InChI=1S/C13H17FN4O2/c1-8(15)11-4-10(14)3-9-5-13(7-19-2,6-17-18-16)20-12(9)11/h3-4,8H,5-7,15H2,1-2H3. The van der Waals surface area contributed by atoms with Crippen LogP contribution in [0.3, 0.4) is 0 Å². The summed E-state index contributed by atoms with van der Waals surface area (Å²) in [7, 11) is 1.54. The van der Waals surface area contributed by atoms with Gasteiger partial charge in [0.15, 0.2) is 0 Å². The van der Waals surface area contributed by atoms with Crippen molar-refractivity contribution in [1.82, 2.24) is 0 Å². The smallest absolute Gasteiger partial charge is 0.142 e. The highest BCUT2D eigenvalue weighted by Gasteiger charge is 2.40. The van der Waals surface area contributed by atoms with E-state index >= 15 is 0 Å². The van der Waals surface area contributed by atoms with Gasteiger partial charge < -0.3 is 15.2 Å². The van der Waals surface area contributed by atoms with E-state index in [4.69, 9.17) is 20.7 Å². The van der Waals surface area contributed by atoms with Crippen LogP contribution in [0, 0.1) is 5.82 Å². The molecule has 1 aromatic rings. The molecule has 0 amide bonds. The van der Waals surface area contributed by atoms with Crippen molar-refractivity contribution in [2.24, 2.45) is 10.8 Å². The fraction of sp³-hybridized carbons (Fsp3) is 0.538. The van der Waals surface area contributed by atoms with E-state index in [2.05, 4.69) is 10.0 Å². The minimum Gasteiger partial charge on any atom is -0.484 e. The van der Waals surface area contributed by atoms with E-state index in [1.54, 1.807) is 6.92 Å². The molecule has 1 aromatic carbocycles. The number of nitrogens with zero attached hydrogens (tertiary/aromatic N) is 3. The van der Waals surface area contributed by atoms with Gasteiger partial charge in [-0.15, -0.1) is 0 Å². The molecule has 0 bridgehead atoms. The molecule has 0 aromatic heterocycles. The molecule has 0 radical (unpaired) electrons. The first-order valence-electron chi connectivity index (χ1n) is 6.28. The first-order valence-corrected chi connectivity index (χ1v) is 6.28. The minimum atomic E-state index is -0.791. The molecule has 20 heavy (non-hydrogen) atoms. The van der Waals surface area contributed by atoms with Gasteiger partial charge in [0.25, 0.3) is 0 Å². The van der Waals surface area contributed by atoms with Crippen molar-refractivity contribution in [3.8, 4) is 5.75 Å². The maximum Gasteiger partial charge on any atom is 0.142 e. The fourth-order valence-electron chi connectivity index (χ4n) is 2.50. The topological polar surface area (TPSA) is 93.2 Å². The molecule has 0 fully saturated rings. The first-order chi connectivity index (χ1) is 9.51. The van der Waals surface area contributed by atoms with E-state index in [0.29, 0.717) is 17.7 Å². The van der Waals surface area contributed by atoms with E-state index < -0.39 is 5.60 Å². The summed E-state index contributed by atoms with van der Waals surface area (Å²) >= 11 is 0. The van der Waals surface area contributed by atoms with Gasteiger partial charge in [-0.2, -0.15) is 0 Å². The van der Waals surface area contributed by atoms with Crippen LogP contribution in [0.15, 0.2) is 17.2 Å². The number of methoxy groups -OCH3 is 1. The molecule has 0 aliphatic carbocycles. The number of hydrogen-bond acceptors (Lipinski definition) is 4. The molecule has 2 N–H and O–H groups in total. The van der Waals surface area contributed by atoms with E-state index in [9.17, 15) is 4.39 Å². The highest BCUT2D eigenvalue weighted by Crippen LogP contribution is 2.40. The van der Waals surface area contributed by atoms with Crippen LogP contribution >= 0.6 is 0 Å². The van der Waals surface area contributed by atoms with Gasteiger partial charge in [-0.05, 0) is 24.6 Å². The van der Waals surface area contributed by atoms with Gasteiger partial charge in [0.05, 0.1) is 13.2 Å².